The van der Waals surface area contributed by atoms with Crippen LogP contribution in [0.5, 0.6) is 0 Å². The number of hydrogen-bond donors (Lipinski definition) is 2. The summed E-state index contributed by atoms with van der Waals surface area (Å²) >= 11 is 0. The van der Waals surface area contributed by atoms with Crippen LogP contribution in [0, 0.1) is 0 Å². The molecule has 19 heavy (non-hydrogen) atoms. The van der Waals surface area contributed by atoms with Crippen LogP contribution in [-0.2, 0) is 12.0 Å². The van der Waals surface area contributed by atoms with Crippen LogP contribution in [-0.4, -0.2) is 11.5 Å². The van der Waals surface area contributed by atoms with Gasteiger partial charge in [-0.15, -0.1) is 0 Å². The van der Waals surface area contributed by atoms with Gasteiger partial charge in [-0.25, -0.2) is 0 Å². The first kappa shape index (κ1) is 12.2. The molecular weight excluding hydrogens is 234 g/mol. The Balaban J connectivity index is 1.93. The van der Waals surface area contributed by atoms with Gasteiger partial charge in [0.25, 0.3) is 0 Å². The third kappa shape index (κ3) is 2.47. The Morgan fingerprint density at radius 1 is 1.11 bits per heavy atom. The van der Waals surface area contributed by atoms with Gasteiger partial charge in [0.1, 0.15) is 0 Å². The number of hydrogen-bond acceptors (Lipinski definition) is 3. The maximum Gasteiger partial charge on any atom is 0.0415 e. The van der Waals surface area contributed by atoms with Crippen LogP contribution in [0.1, 0.15) is 25.0 Å². The Bertz CT molecular complexity index is 576. The molecule has 3 nitrogen and oxygen atoms in total. The summed E-state index contributed by atoms with van der Waals surface area (Å²) in [6.45, 7) is 5.53. The highest BCUT2D eigenvalue weighted by Gasteiger charge is 2.26. The Morgan fingerprint density at radius 2 is 1.89 bits per heavy atom. The molecule has 1 aliphatic rings. The van der Waals surface area contributed by atoms with E-state index in [2.05, 4.69) is 47.7 Å². The van der Waals surface area contributed by atoms with E-state index in [1.165, 1.54) is 11.1 Å². The molecule has 0 unspecified atom stereocenters. The molecule has 3 rings (SSSR count). The molecule has 0 spiro atoms. The van der Waals surface area contributed by atoms with Gasteiger partial charge in [-0.1, -0.05) is 6.07 Å². The lowest BCUT2D eigenvalue weighted by atomic mass is 9.85. The largest absolute Gasteiger partial charge is 0.355 e. The molecule has 0 fully saturated rings. The van der Waals surface area contributed by atoms with E-state index in [9.17, 15) is 0 Å². The minimum atomic E-state index is 0.0452. The molecule has 2 N–H and O–H groups in total. The van der Waals surface area contributed by atoms with E-state index < -0.39 is 0 Å². The Morgan fingerprint density at radius 3 is 2.68 bits per heavy atom. The first-order valence-corrected chi connectivity index (χ1v) is 6.71. The van der Waals surface area contributed by atoms with Crippen LogP contribution < -0.4 is 10.6 Å². The number of anilines is 2. The van der Waals surface area contributed by atoms with Gasteiger partial charge in [-0.3, -0.25) is 4.98 Å². The highest BCUT2D eigenvalue weighted by Crippen LogP contribution is 2.31. The van der Waals surface area contributed by atoms with Crippen molar-refractivity contribution in [2.24, 2.45) is 0 Å². The van der Waals surface area contributed by atoms with Crippen molar-refractivity contribution in [1.29, 1.82) is 0 Å². The van der Waals surface area contributed by atoms with Gasteiger partial charge in [0.2, 0.25) is 0 Å². The summed E-state index contributed by atoms with van der Waals surface area (Å²) in [7, 11) is 0. The zero-order chi connectivity index (χ0) is 13.3. The van der Waals surface area contributed by atoms with Crippen molar-refractivity contribution in [1.82, 2.24) is 10.3 Å². The zero-order valence-electron chi connectivity index (χ0n) is 11.4. The third-order valence-electron chi connectivity index (χ3n) is 3.71. The van der Waals surface area contributed by atoms with Gasteiger partial charge < -0.3 is 10.6 Å². The first-order chi connectivity index (χ1) is 9.15. The number of pyridine rings is 1. The molecule has 98 valence electrons. The average molecular weight is 253 g/mol. The molecule has 0 saturated carbocycles. The fourth-order valence-electron chi connectivity index (χ4n) is 2.66. The van der Waals surface area contributed by atoms with Crippen LogP contribution >= 0.6 is 0 Å². The molecule has 0 atom stereocenters. The Labute approximate surface area is 114 Å². The van der Waals surface area contributed by atoms with Crippen molar-refractivity contribution in [3.05, 3.63) is 53.9 Å². The smallest absolute Gasteiger partial charge is 0.0415 e. The molecule has 1 aromatic carbocycles. The summed E-state index contributed by atoms with van der Waals surface area (Å²) in [5.74, 6) is 0. The van der Waals surface area contributed by atoms with Crippen molar-refractivity contribution in [2.75, 3.05) is 11.9 Å². The van der Waals surface area contributed by atoms with E-state index in [1.54, 1.807) is 12.4 Å². The molecule has 0 saturated heterocycles. The number of nitrogens with zero attached hydrogens (tertiary/aromatic N) is 1. The third-order valence-corrected chi connectivity index (χ3v) is 3.71. The normalized spacial score (nSPS) is 16.7. The van der Waals surface area contributed by atoms with Gasteiger partial charge in [0.15, 0.2) is 0 Å². The predicted octanol–water partition coefficient (Wildman–Crippen LogP) is 3.21. The minimum Gasteiger partial charge on any atom is -0.355 e. The van der Waals surface area contributed by atoms with E-state index >= 15 is 0 Å². The average Bonchev–Trinajstić information content (AvgIpc) is 2.40. The van der Waals surface area contributed by atoms with Gasteiger partial charge in [0.05, 0.1) is 0 Å². The van der Waals surface area contributed by atoms with Crippen LogP contribution in [0.4, 0.5) is 11.4 Å². The SMILES string of the molecule is CC1(C)NCCc2ccc(Nc3ccncc3)cc21. The summed E-state index contributed by atoms with van der Waals surface area (Å²) in [5.41, 5.74) is 5.07. The number of nitrogens with one attached hydrogen (secondary N) is 2. The lowest BCUT2D eigenvalue weighted by Crippen LogP contribution is -2.42. The fourth-order valence-corrected chi connectivity index (χ4v) is 2.66. The van der Waals surface area contributed by atoms with Crippen molar-refractivity contribution in [2.45, 2.75) is 25.8 Å². The standard InChI is InChI=1S/C16H19N3/c1-16(2)15-11-14(4-3-12(15)5-10-18-16)19-13-6-8-17-9-7-13/h3-4,6-9,11,18H,5,10H2,1-2H3,(H,17,19). The lowest BCUT2D eigenvalue weighted by molar-refractivity contribution is 0.382. The summed E-state index contributed by atoms with van der Waals surface area (Å²) in [6.07, 6.45) is 4.70. The molecule has 0 bridgehead atoms. The fraction of sp³-hybridized carbons (Fsp3) is 0.312. The second-order valence-electron chi connectivity index (χ2n) is 5.53. The van der Waals surface area contributed by atoms with Crippen molar-refractivity contribution in [3.8, 4) is 0 Å². The van der Waals surface area contributed by atoms with Crippen LogP contribution in [0.3, 0.4) is 0 Å². The summed E-state index contributed by atoms with van der Waals surface area (Å²) in [6, 6.07) is 10.6. The molecule has 1 aliphatic heterocycles. The van der Waals surface area contributed by atoms with Gasteiger partial charge in [0, 0.05) is 29.3 Å². The molecule has 3 heteroatoms. The first-order valence-electron chi connectivity index (χ1n) is 6.71. The highest BCUT2D eigenvalue weighted by molar-refractivity contribution is 5.61. The minimum absolute atomic E-state index is 0.0452. The van der Waals surface area contributed by atoms with Crippen LogP contribution in [0.25, 0.3) is 0 Å². The maximum absolute atomic E-state index is 4.03. The number of aromatic nitrogens is 1. The van der Waals surface area contributed by atoms with Gasteiger partial charge >= 0.3 is 0 Å². The van der Waals surface area contributed by atoms with Gasteiger partial charge in [-0.2, -0.15) is 0 Å². The van der Waals surface area contributed by atoms with Crippen molar-refractivity contribution in [3.63, 3.8) is 0 Å². The lowest BCUT2D eigenvalue weighted by Gasteiger charge is -2.34. The molecule has 2 heterocycles. The van der Waals surface area contributed by atoms with E-state index in [1.807, 2.05) is 12.1 Å². The van der Waals surface area contributed by atoms with E-state index in [0.717, 1.165) is 24.3 Å². The Hall–Kier alpha value is -1.87. The van der Waals surface area contributed by atoms with Gasteiger partial charge in [-0.05, 0) is 62.2 Å². The Kier molecular flexibility index (Phi) is 2.99. The number of fused-ring (bicyclic) bond motifs is 1. The second kappa shape index (κ2) is 4.67. The van der Waals surface area contributed by atoms with E-state index in [-0.39, 0.29) is 5.54 Å². The topological polar surface area (TPSA) is 37.0 Å². The quantitative estimate of drug-likeness (QED) is 0.863. The molecule has 2 aromatic rings. The second-order valence-corrected chi connectivity index (χ2v) is 5.53. The maximum atomic E-state index is 4.03. The zero-order valence-corrected chi connectivity index (χ0v) is 11.4. The van der Waals surface area contributed by atoms with Crippen LogP contribution in [0.2, 0.25) is 0 Å². The van der Waals surface area contributed by atoms with Crippen molar-refractivity contribution >= 4 is 11.4 Å². The molecular formula is C16H19N3. The van der Waals surface area contributed by atoms with E-state index in [0.29, 0.717) is 0 Å². The van der Waals surface area contributed by atoms with Crippen molar-refractivity contribution < 1.29 is 0 Å². The van der Waals surface area contributed by atoms with Crippen LogP contribution in [0.15, 0.2) is 42.7 Å². The highest BCUT2D eigenvalue weighted by atomic mass is 15.0. The molecule has 1 aromatic heterocycles. The summed E-state index contributed by atoms with van der Waals surface area (Å²) < 4.78 is 0. The predicted molar refractivity (Wildman–Crippen MR) is 78.7 cm³/mol. The summed E-state index contributed by atoms with van der Waals surface area (Å²) in [4.78, 5) is 4.03. The molecule has 0 radical (unpaired) electrons. The summed E-state index contributed by atoms with van der Waals surface area (Å²) in [5, 5.41) is 6.99. The molecule has 0 aliphatic carbocycles. The number of rotatable bonds is 2. The monoisotopic (exact) mass is 253 g/mol. The van der Waals surface area contributed by atoms with E-state index in [4.69, 9.17) is 0 Å². The number of benzene rings is 1. The molecule has 0 amide bonds.